The first-order chi connectivity index (χ1) is 14.0. The van der Waals surface area contributed by atoms with Gasteiger partial charge in [0.15, 0.2) is 0 Å². The van der Waals surface area contributed by atoms with Crippen LogP contribution in [0.4, 0.5) is 4.39 Å². The molecule has 2 unspecified atom stereocenters. The van der Waals surface area contributed by atoms with Crippen molar-refractivity contribution in [3.05, 3.63) is 106 Å². The third-order valence-corrected chi connectivity index (χ3v) is 5.62. The van der Waals surface area contributed by atoms with E-state index in [0.29, 0.717) is 0 Å². The summed E-state index contributed by atoms with van der Waals surface area (Å²) in [4.78, 5) is 11.0. The minimum atomic E-state index is -0.480. The molecule has 146 valence electrons. The van der Waals surface area contributed by atoms with Gasteiger partial charge in [-0.15, -0.1) is 0 Å². The van der Waals surface area contributed by atoms with Crippen LogP contribution in [0.1, 0.15) is 46.1 Å². The topological polar surface area (TPSA) is 63.3 Å². The van der Waals surface area contributed by atoms with Crippen LogP contribution in [0.3, 0.4) is 0 Å². The van der Waals surface area contributed by atoms with Crippen molar-refractivity contribution < 1.29 is 14.3 Å². The molecule has 0 fully saturated rings. The number of primary amides is 1. The van der Waals surface area contributed by atoms with Gasteiger partial charge in [0.1, 0.15) is 11.6 Å². The van der Waals surface area contributed by atoms with Gasteiger partial charge in [0.2, 0.25) is 5.91 Å². The first-order valence-corrected chi connectivity index (χ1v) is 9.66. The first kappa shape index (κ1) is 18.9. The summed E-state index contributed by atoms with van der Waals surface area (Å²) in [5.41, 5.74) is 10.6. The number of amides is 1. The zero-order valence-electron chi connectivity index (χ0n) is 15.9. The van der Waals surface area contributed by atoms with Crippen molar-refractivity contribution in [2.75, 3.05) is 0 Å². The highest BCUT2D eigenvalue weighted by Crippen LogP contribution is 2.46. The molecule has 3 aromatic carbocycles. The fourth-order valence-electron chi connectivity index (χ4n) is 4.28. The number of rotatable bonds is 4. The zero-order chi connectivity index (χ0) is 20.4. The predicted molar refractivity (Wildman–Crippen MR) is 112 cm³/mol. The Labute approximate surface area is 169 Å². The highest BCUT2D eigenvalue weighted by Gasteiger charge is 2.32. The Hall–Kier alpha value is -3.40. The van der Waals surface area contributed by atoms with E-state index in [1.54, 1.807) is 12.1 Å². The van der Waals surface area contributed by atoms with E-state index in [1.165, 1.54) is 23.8 Å². The second-order valence-corrected chi connectivity index (χ2v) is 7.46. The minimum Gasteiger partial charge on any atom is -0.508 e. The SMILES string of the molecule is NC(=O)C=Cc1ccc(C2c3ccc(O)cc3CCC2c2ccc(F)cc2)cc1. The summed E-state index contributed by atoms with van der Waals surface area (Å²) in [6.07, 6.45) is 4.81. The number of phenolic OH excluding ortho intramolecular Hbond substituents is 1. The van der Waals surface area contributed by atoms with Gasteiger partial charge in [-0.1, -0.05) is 42.5 Å². The summed E-state index contributed by atoms with van der Waals surface area (Å²) in [6.45, 7) is 0. The molecule has 4 rings (SSSR count). The van der Waals surface area contributed by atoms with Gasteiger partial charge in [0.05, 0.1) is 0 Å². The molecule has 3 N–H and O–H groups in total. The van der Waals surface area contributed by atoms with E-state index in [-0.39, 0.29) is 23.4 Å². The van der Waals surface area contributed by atoms with Gasteiger partial charge >= 0.3 is 0 Å². The van der Waals surface area contributed by atoms with Crippen LogP contribution in [0, 0.1) is 5.82 Å². The average Bonchev–Trinajstić information content (AvgIpc) is 2.72. The molecule has 2 atom stereocenters. The molecule has 0 bridgehead atoms. The molecule has 0 saturated heterocycles. The van der Waals surface area contributed by atoms with Gasteiger partial charge < -0.3 is 10.8 Å². The van der Waals surface area contributed by atoms with Gasteiger partial charge in [-0.05, 0) is 76.9 Å². The fraction of sp³-hybridized carbons (Fsp3) is 0.160. The van der Waals surface area contributed by atoms with Gasteiger partial charge in [0.25, 0.3) is 0 Å². The Morgan fingerprint density at radius 3 is 2.38 bits per heavy atom. The highest BCUT2D eigenvalue weighted by molar-refractivity contribution is 5.90. The van der Waals surface area contributed by atoms with Crippen LogP contribution in [-0.4, -0.2) is 11.0 Å². The van der Waals surface area contributed by atoms with Crippen molar-refractivity contribution in [2.45, 2.75) is 24.7 Å². The molecule has 1 aliphatic carbocycles. The third-order valence-electron chi connectivity index (χ3n) is 5.62. The van der Waals surface area contributed by atoms with E-state index in [4.69, 9.17) is 5.73 Å². The lowest BCUT2D eigenvalue weighted by atomic mass is 9.69. The molecule has 0 saturated carbocycles. The summed E-state index contributed by atoms with van der Waals surface area (Å²) < 4.78 is 13.5. The number of nitrogens with two attached hydrogens (primary N) is 1. The highest BCUT2D eigenvalue weighted by atomic mass is 19.1. The maximum atomic E-state index is 13.5. The molecule has 0 radical (unpaired) electrons. The number of phenols is 1. The van der Waals surface area contributed by atoms with Gasteiger partial charge in [-0.3, -0.25) is 4.79 Å². The number of carbonyl (C=O) groups excluding carboxylic acids is 1. The lowest BCUT2D eigenvalue weighted by Crippen LogP contribution is -2.20. The molecule has 4 heteroatoms. The molecule has 0 aromatic heterocycles. The van der Waals surface area contributed by atoms with Crippen LogP contribution in [0.15, 0.2) is 72.8 Å². The Balaban J connectivity index is 1.76. The monoisotopic (exact) mass is 387 g/mol. The van der Waals surface area contributed by atoms with Gasteiger partial charge in [0, 0.05) is 12.0 Å². The van der Waals surface area contributed by atoms with Crippen LogP contribution in [0.25, 0.3) is 6.08 Å². The van der Waals surface area contributed by atoms with Crippen LogP contribution in [0.2, 0.25) is 0 Å². The van der Waals surface area contributed by atoms with Crippen molar-refractivity contribution in [3.8, 4) is 5.75 Å². The summed E-state index contributed by atoms with van der Waals surface area (Å²) in [5.74, 6) is -0.142. The number of hydrogen-bond donors (Lipinski definition) is 2. The largest absolute Gasteiger partial charge is 0.508 e. The molecule has 29 heavy (non-hydrogen) atoms. The van der Waals surface area contributed by atoms with E-state index in [9.17, 15) is 14.3 Å². The smallest absolute Gasteiger partial charge is 0.241 e. The van der Waals surface area contributed by atoms with Crippen LogP contribution in [0.5, 0.6) is 5.75 Å². The van der Waals surface area contributed by atoms with Crippen molar-refractivity contribution in [2.24, 2.45) is 5.73 Å². The number of carbonyl (C=O) groups is 1. The van der Waals surface area contributed by atoms with E-state index in [1.807, 2.05) is 36.4 Å². The first-order valence-electron chi connectivity index (χ1n) is 9.66. The Kier molecular flexibility index (Phi) is 5.17. The zero-order valence-corrected chi connectivity index (χ0v) is 15.9. The average molecular weight is 387 g/mol. The molecule has 0 aliphatic heterocycles. The predicted octanol–water partition coefficient (Wildman–Crippen LogP) is 4.89. The van der Waals surface area contributed by atoms with Crippen molar-refractivity contribution >= 4 is 12.0 Å². The van der Waals surface area contributed by atoms with E-state index in [0.717, 1.165) is 35.1 Å². The molecule has 3 aromatic rings. The van der Waals surface area contributed by atoms with Gasteiger partial charge in [-0.25, -0.2) is 4.39 Å². The minimum absolute atomic E-state index is 0.0963. The molecule has 0 spiro atoms. The summed E-state index contributed by atoms with van der Waals surface area (Å²) >= 11 is 0. The maximum absolute atomic E-state index is 13.5. The number of fused-ring (bicyclic) bond motifs is 1. The van der Waals surface area contributed by atoms with Crippen molar-refractivity contribution in [1.82, 2.24) is 0 Å². The third kappa shape index (κ3) is 4.06. The molecule has 3 nitrogen and oxygen atoms in total. The number of aromatic hydroxyl groups is 1. The lowest BCUT2D eigenvalue weighted by molar-refractivity contribution is -0.113. The number of aryl methyl sites for hydroxylation is 1. The van der Waals surface area contributed by atoms with E-state index < -0.39 is 5.91 Å². The quantitative estimate of drug-likeness (QED) is 0.626. The molecule has 1 amide bonds. The standard InChI is InChI=1S/C25H22FNO2/c26-20-9-6-17(7-10-20)22-12-8-19-15-21(28)11-13-23(19)25(22)18-4-1-16(2-5-18)3-14-24(27)29/h1-7,9-11,13-15,22,25,28H,8,12H2,(H2,27,29). The molecule has 0 heterocycles. The maximum Gasteiger partial charge on any atom is 0.241 e. The number of halogens is 1. The van der Waals surface area contributed by atoms with Gasteiger partial charge in [-0.2, -0.15) is 0 Å². The van der Waals surface area contributed by atoms with Crippen molar-refractivity contribution in [1.29, 1.82) is 0 Å². The Morgan fingerprint density at radius 2 is 1.69 bits per heavy atom. The number of hydrogen-bond acceptors (Lipinski definition) is 2. The van der Waals surface area contributed by atoms with Crippen LogP contribution in [-0.2, 0) is 11.2 Å². The summed E-state index contributed by atoms with van der Waals surface area (Å²) in [6, 6.07) is 20.4. The lowest BCUT2D eigenvalue weighted by Gasteiger charge is -2.35. The summed E-state index contributed by atoms with van der Waals surface area (Å²) in [7, 11) is 0. The second-order valence-electron chi connectivity index (χ2n) is 7.46. The van der Waals surface area contributed by atoms with Crippen molar-refractivity contribution in [3.63, 3.8) is 0 Å². The molecular formula is C25H22FNO2. The fourth-order valence-corrected chi connectivity index (χ4v) is 4.28. The molecule has 1 aliphatic rings. The Morgan fingerprint density at radius 1 is 1.00 bits per heavy atom. The summed E-state index contributed by atoms with van der Waals surface area (Å²) in [5, 5.41) is 9.91. The normalized spacial score (nSPS) is 18.5. The molecular weight excluding hydrogens is 365 g/mol. The number of benzene rings is 3. The van der Waals surface area contributed by atoms with E-state index in [2.05, 4.69) is 12.1 Å². The van der Waals surface area contributed by atoms with E-state index >= 15 is 0 Å². The van der Waals surface area contributed by atoms with Crippen LogP contribution >= 0.6 is 0 Å². The van der Waals surface area contributed by atoms with Crippen LogP contribution < -0.4 is 5.73 Å². The second kappa shape index (κ2) is 7.92. The Bertz CT molecular complexity index is 1060.